The van der Waals surface area contributed by atoms with E-state index in [9.17, 15) is 0 Å². The summed E-state index contributed by atoms with van der Waals surface area (Å²) in [6.45, 7) is 2.34. The number of fused-ring (bicyclic) bond motifs is 5. The van der Waals surface area contributed by atoms with Crippen molar-refractivity contribution in [2.75, 3.05) is 0 Å². The molecule has 0 spiro atoms. The van der Waals surface area contributed by atoms with E-state index < -0.39 is 0 Å². The fourth-order valence-electron chi connectivity index (χ4n) is 5.01. The van der Waals surface area contributed by atoms with E-state index >= 15 is 0 Å². The second-order valence-corrected chi connectivity index (χ2v) is 6.06. The standard InChI is InChI=1S/C14H24/c1-2-3-5-10-8-11-9-14(10)13-7-4-6-12(11)13/h10-14H,2-9H2,1H3. The van der Waals surface area contributed by atoms with Gasteiger partial charge in [0, 0.05) is 0 Å². The zero-order chi connectivity index (χ0) is 9.54. The van der Waals surface area contributed by atoms with Crippen molar-refractivity contribution in [2.45, 2.75) is 58.3 Å². The molecular weight excluding hydrogens is 168 g/mol. The molecule has 80 valence electrons. The Balaban J connectivity index is 1.65. The maximum atomic E-state index is 2.34. The minimum Gasteiger partial charge on any atom is -0.0654 e. The van der Waals surface area contributed by atoms with Crippen LogP contribution in [-0.2, 0) is 0 Å². The van der Waals surface area contributed by atoms with Gasteiger partial charge >= 0.3 is 0 Å². The van der Waals surface area contributed by atoms with E-state index in [2.05, 4.69) is 6.92 Å². The zero-order valence-electron chi connectivity index (χ0n) is 9.54. The van der Waals surface area contributed by atoms with Gasteiger partial charge in [0.2, 0.25) is 0 Å². The number of hydrogen-bond acceptors (Lipinski definition) is 0. The van der Waals surface area contributed by atoms with Crippen molar-refractivity contribution in [1.29, 1.82) is 0 Å². The number of hydrogen-bond donors (Lipinski definition) is 0. The molecule has 0 saturated heterocycles. The summed E-state index contributed by atoms with van der Waals surface area (Å²) >= 11 is 0. The number of unbranched alkanes of at least 4 members (excludes halogenated alkanes) is 1. The van der Waals surface area contributed by atoms with Gasteiger partial charge in [0.15, 0.2) is 0 Å². The van der Waals surface area contributed by atoms with Gasteiger partial charge in [-0.05, 0) is 55.3 Å². The minimum atomic E-state index is 1.15. The molecule has 0 radical (unpaired) electrons. The lowest BCUT2D eigenvalue weighted by molar-refractivity contribution is 0.179. The monoisotopic (exact) mass is 192 g/mol. The van der Waals surface area contributed by atoms with Gasteiger partial charge in [-0.1, -0.05) is 32.6 Å². The Morgan fingerprint density at radius 1 is 1.00 bits per heavy atom. The van der Waals surface area contributed by atoms with Gasteiger partial charge in [0.1, 0.15) is 0 Å². The van der Waals surface area contributed by atoms with E-state index in [1.165, 1.54) is 36.5 Å². The van der Waals surface area contributed by atoms with Gasteiger partial charge in [-0.25, -0.2) is 0 Å². The predicted molar refractivity (Wildman–Crippen MR) is 60.1 cm³/mol. The van der Waals surface area contributed by atoms with Crippen LogP contribution in [0.15, 0.2) is 0 Å². The molecule has 3 rings (SSSR count). The molecule has 2 bridgehead atoms. The molecule has 3 fully saturated rings. The molecule has 0 aromatic rings. The quantitative estimate of drug-likeness (QED) is 0.627. The van der Waals surface area contributed by atoms with Crippen LogP contribution in [0.2, 0.25) is 0 Å². The molecule has 0 nitrogen and oxygen atoms in total. The van der Waals surface area contributed by atoms with Crippen molar-refractivity contribution < 1.29 is 0 Å². The van der Waals surface area contributed by atoms with Crippen molar-refractivity contribution in [2.24, 2.45) is 29.6 Å². The SMILES string of the molecule is CCCCC1CC2CC1C1CCCC21. The second-order valence-electron chi connectivity index (χ2n) is 6.06. The van der Waals surface area contributed by atoms with Gasteiger partial charge in [0.05, 0.1) is 0 Å². The number of rotatable bonds is 3. The summed E-state index contributed by atoms with van der Waals surface area (Å²) in [6.07, 6.45) is 12.4. The molecule has 0 amide bonds. The Hall–Kier alpha value is 0. The smallest absolute Gasteiger partial charge is 0.0352 e. The van der Waals surface area contributed by atoms with Gasteiger partial charge in [-0.2, -0.15) is 0 Å². The molecule has 0 aromatic carbocycles. The third-order valence-corrected chi connectivity index (χ3v) is 5.49. The summed E-state index contributed by atoms with van der Waals surface area (Å²) < 4.78 is 0. The third-order valence-electron chi connectivity index (χ3n) is 5.49. The summed E-state index contributed by atoms with van der Waals surface area (Å²) in [6, 6.07) is 0. The first-order chi connectivity index (χ1) is 6.90. The van der Waals surface area contributed by atoms with E-state index in [1.807, 2.05) is 0 Å². The van der Waals surface area contributed by atoms with Crippen LogP contribution in [0.5, 0.6) is 0 Å². The first-order valence-electron chi connectivity index (χ1n) is 6.90. The molecule has 0 aromatic heterocycles. The summed E-state index contributed by atoms with van der Waals surface area (Å²) in [5.41, 5.74) is 0. The summed E-state index contributed by atoms with van der Waals surface area (Å²) in [4.78, 5) is 0. The molecule has 14 heavy (non-hydrogen) atoms. The van der Waals surface area contributed by atoms with Crippen LogP contribution >= 0.6 is 0 Å². The highest BCUT2D eigenvalue weighted by atomic mass is 14.6. The van der Waals surface area contributed by atoms with Crippen molar-refractivity contribution in [3.05, 3.63) is 0 Å². The first-order valence-corrected chi connectivity index (χ1v) is 6.90. The molecular formula is C14H24. The predicted octanol–water partition coefficient (Wildman–Crippen LogP) is 4.25. The topological polar surface area (TPSA) is 0 Å². The Kier molecular flexibility index (Phi) is 2.34. The van der Waals surface area contributed by atoms with E-state index in [4.69, 9.17) is 0 Å². The molecule has 0 aliphatic heterocycles. The lowest BCUT2D eigenvalue weighted by Crippen LogP contribution is -2.24. The first kappa shape index (κ1) is 9.24. The highest BCUT2D eigenvalue weighted by molar-refractivity contribution is 5.02. The lowest BCUT2D eigenvalue weighted by atomic mass is 9.74. The molecule has 0 heterocycles. The third kappa shape index (κ3) is 1.26. The average Bonchev–Trinajstić information content (AvgIpc) is 2.85. The maximum Gasteiger partial charge on any atom is -0.0352 e. The van der Waals surface area contributed by atoms with Crippen LogP contribution in [-0.4, -0.2) is 0 Å². The van der Waals surface area contributed by atoms with Gasteiger partial charge in [-0.3, -0.25) is 0 Å². The zero-order valence-corrected chi connectivity index (χ0v) is 9.54. The molecule has 0 heteroatoms. The Labute approximate surface area is 88.5 Å². The Morgan fingerprint density at radius 2 is 1.86 bits per heavy atom. The van der Waals surface area contributed by atoms with Crippen LogP contribution in [0.1, 0.15) is 58.3 Å². The summed E-state index contributed by atoms with van der Waals surface area (Å²) in [7, 11) is 0. The summed E-state index contributed by atoms with van der Waals surface area (Å²) in [5, 5.41) is 0. The fraction of sp³-hybridized carbons (Fsp3) is 1.00. The molecule has 3 saturated carbocycles. The van der Waals surface area contributed by atoms with Gasteiger partial charge in [-0.15, -0.1) is 0 Å². The van der Waals surface area contributed by atoms with E-state index in [1.54, 1.807) is 38.5 Å². The van der Waals surface area contributed by atoms with Gasteiger partial charge < -0.3 is 0 Å². The summed E-state index contributed by atoms with van der Waals surface area (Å²) in [5.74, 6) is 5.89. The maximum absolute atomic E-state index is 2.34. The van der Waals surface area contributed by atoms with Crippen LogP contribution in [0.25, 0.3) is 0 Å². The molecule has 5 atom stereocenters. The van der Waals surface area contributed by atoms with Crippen LogP contribution < -0.4 is 0 Å². The normalized spacial score (nSPS) is 49.9. The van der Waals surface area contributed by atoms with E-state index in [-0.39, 0.29) is 0 Å². The lowest BCUT2D eigenvalue weighted by Gasteiger charge is -2.31. The molecule has 3 aliphatic carbocycles. The van der Waals surface area contributed by atoms with Crippen molar-refractivity contribution in [1.82, 2.24) is 0 Å². The van der Waals surface area contributed by atoms with E-state index in [0.717, 1.165) is 5.92 Å². The van der Waals surface area contributed by atoms with Gasteiger partial charge in [0.25, 0.3) is 0 Å². The minimum absolute atomic E-state index is 1.15. The van der Waals surface area contributed by atoms with Crippen LogP contribution in [0.3, 0.4) is 0 Å². The van der Waals surface area contributed by atoms with Crippen molar-refractivity contribution >= 4 is 0 Å². The van der Waals surface area contributed by atoms with Crippen molar-refractivity contribution in [3.63, 3.8) is 0 Å². The van der Waals surface area contributed by atoms with Crippen LogP contribution in [0.4, 0.5) is 0 Å². The highest BCUT2D eigenvalue weighted by Crippen LogP contribution is 2.61. The van der Waals surface area contributed by atoms with Crippen LogP contribution in [0, 0.1) is 29.6 Å². The molecule has 3 aliphatic rings. The van der Waals surface area contributed by atoms with Crippen molar-refractivity contribution in [3.8, 4) is 0 Å². The average molecular weight is 192 g/mol. The molecule has 0 N–H and O–H groups in total. The molecule has 5 unspecified atom stereocenters. The Bertz CT molecular complexity index is 208. The fourth-order valence-corrected chi connectivity index (χ4v) is 5.01. The highest BCUT2D eigenvalue weighted by Gasteiger charge is 2.53. The second kappa shape index (κ2) is 3.54. The largest absolute Gasteiger partial charge is 0.0654 e. The van der Waals surface area contributed by atoms with E-state index in [0.29, 0.717) is 0 Å². The Morgan fingerprint density at radius 3 is 2.71 bits per heavy atom.